The van der Waals surface area contributed by atoms with Gasteiger partial charge in [-0.25, -0.2) is 12.8 Å². The van der Waals surface area contributed by atoms with E-state index in [9.17, 15) is 26.4 Å². The van der Waals surface area contributed by atoms with Gasteiger partial charge in [-0.2, -0.15) is 13.5 Å². The number of benzene rings is 3. The maximum Gasteiger partial charge on any atom is 0.387 e. The molecule has 10 heteroatoms. The van der Waals surface area contributed by atoms with E-state index in [1.165, 1.54) is 36.4 Å². The lowest BCUT2D eigenvalue weighted by Gasteiger charge is -2.22. The van der Waals surface area contributed by atoms with E-state index < -0.39 is 45.3 Å². The molecule has 2 atom stereocenters. The van der Waals surface area contributed by atoms with Crippen molar-refractivity contribution in [2.24, 2.45) is 0 Å². The van der Waals surface area contributed by atoms with Crippen LogP contribution in [0, 0.1) is 5.82 Å². The largest absolute Gasteiger partial charge is 0.435 e. The Morgan fingerprint density at radius 1 is 0.941 bits per heavy atom. The first-order chi connectivity index (χ1) is 16.2. The highest BCUT2D eigenvalue weighted by Gasteiger charge is 2.28. The molecule has 0 saturated carbocycles. The predicted molar refractivity (Wildman–Crippen MR) is 120 cm³/mol. The fourth-order valence-corrected chi connectivity index (χ4v) is 4.56. The SMILES string of the molecule is CC(NC(=O)[C@H](Cc1ccccc1)NS(=O)(=O)c1ccccc1F)c1ccc(OC(F)F)cc1. The fraction of sp³-hybridized carbons (Fsp3) is 0.208. The second-order valence-corrected chi connectivity index (χ2v) is 9.15. The lowest BCUT2D eigenvalue weighted by atomic mass is 10.0. The summed E-state index contributed by atoms with van der Waals surface area (Å²) in [6.45, 7) is -1.30. The van der Waals surface area contributed by atoms with Gasteiger partial charge in [0.2, 0.25) is 15.9 Å². The Bertz CT molecular complexity index is 1210. The number of alkyl halides is 2. The van der Waals surface area contributed by atoms with Gasteiger partial charge in [0.25, 0.3) is 0 Å². The van der Waals surface area contributed by atoms with Crippen molar-refractivity contribution in [1.29, 1.82) is 0 Å². The van der Waals surface area contributed by atoms with Gasteiger partial charge in [-0.3, -0.25) is 4.79 Å². The highest BCUT2D eigenvalue weighted by molar-refractivity contribution is 7.89. The third-order valence-corrected chi connectivity index (χ3v) is 6.49. The van der Waals surface area contributed by atoms with Crippen molar-refractivity contribution in [3.05, 3.63) is 95.8 Å². The van der Waals surface area contributed by atoms with Crippen molar-refractivity contribution >= 4 is 15.9 Å². The van der Waals surface area contributed by atoms with Gasteiger partial charge in [-0.15, -0.1) is 0 Å². The predicted octanol–water partition coefficient (Wildman–Crippen LogP) is 4.19. The molecule has 0 aromatic heterocycles. The van der Waals surface area contributed by atoms with Gasteiger partial charge in [0, 0.05) is 0 Å². The van der Waals surface area contributed by atoms with Gasteiger partial charge in [-0.05, 0) is 48.7 Å². The number of hydrogen-bond acceptors (Lipinski definition) is 4. The normalized spacial score (nSPS) is 13.3. The van der Waals surface area contributed by atoms with Crippen LogP contribution in [0.15, 0.2) is 83.8 Å². The van der Waals surface area contributed by atoms with E-state index in [1.54, 1.807) is 37.3 Å². The molecule has 3 rings (SSSR count). The summed E-state index contributed by atoms with van der Waals surface area (Å²) in [5.41, 5.74) is 1.28. The van der Waals surface area contributed by atoms with Crippen LogP contribution in [0.25, 0.3) is 0 Å². The molecule has 0 saturated heterocycles. The molecular formula is C24H23F3N2O4S. The Labute approximate surface area is 195 Å². The number of hydrogen-bond donors (Lipinski definition) is 2. The number of halogens is 3. The van der Waals surface area contributed by atoms with Crippen LogP contribution in [0.5, 0.6) is 5.75 Å². The van der Waals surface area contributed by atoms with Gasteiger partial charge in [-0.1, -0.05) is 54.6 Å². The maximum atomic E-state index is 14.1. The monoisotopic (exact) mass is 492 g/mol. The molecule has 0 aliphatic rings. The van der Waals surface area contributed by atoms with E-state index in [-0.39, 0.29) is 12.2 Å². The lowest BCUT2D eigenvalue weighted by Crippen LogP contribution is -2.48. The van der Waals surface area contributed by atoms with Gasteiger partial charge < -0.3 is 10.1 Å². The van der Waals surface area contributed by atoms with Crippen molar-refractivity contribution < 1.29 is 31.1 Å². The van der Waals surface area contributed by atoms with Crippen LogP contribution in [0.3, 0.4) is 0 Å². The van der Waals surface area contributed by atoms with Gasteiger partial charge >= 0.3 is 6.61 Å². The van der Waals surface area contributed by atoms with Gasteiger partial charge in [0.1, 0.15) is 22.5 Å². The van der Waals surface area contributed by atoms with Crippen LogP contribution in [-0.2, 0) is 21.2 Å². The summed E-state index contributed by atoms with van der Waals surface area (Å²) in [5.74, 6) is -1.60. The number of carbonyl (C=O) groups is 1. The van der Waals surface area contributed by atoms with Crippen LogP contribution in [0.1, 0.15) is 24.1 Å². The molecule has 2 N–H and O–H groups in total. The van der Waals surface area contributed by atoms with Gasteiger partial charge in [0.05, 0.1) is 6.04 Å². The number of rotatable bonds is 10. The highest BCUT2D eigenvalue weighted by atomic mass is 32.2. The molecule has 0 bridgehead atoms. The maximum absolute atomic E-state index is 14.1. The molecule has 1 amide bonds. The first-order valence-corrected chi connectivity index (χ1v) is 11.8. The van der Waals surface area contributed by atoms with Gasteiger partial charge in [0.15, 0.2) is 0 Å². The Hall–Kier alpha value is -3.37. The van der Waals surface area contributed by atoms with E-state index in [1.807, 2.05) is 0 Å². The van der Waals surface area contributed by atoms with Crippen molar-refractivity contribution in [1.82, 2.24) is 10.0 Å². The van der Waals surface area contributed by atoms with Crippen LogP contribution in [0.2, 0.25) is 0 Å². The molecular weight excluding hydrogens is 469 g/mol. The van der Waals surface area contributed by atoms with E-state index in [0.717, 1.165) is 12.1 Å². The number of nitrogens with one attached hydrogen (secondary N) is 2. The third-order valence-electron chi connectivity index (χ3n) is 4.99. The minimum Gasteiger partial charge on any atom is -0.435 e. The van der Waals surface area contributed by atoms with Crippen molar-refractivity contribution in [3.8, 4) is 5.75 Å². The summed E-state index contributed by atoms with van der Waals surface area (Å²) in [7, 11) is -4.35. The fourth-order valence-electron chi connectivity index (χ4n) is 3.29. The molecule has 34 heavy (non-hydrogen) atoms. The molecule has 0 radical (unpaired) electrons. The topological polar surface area (TPSA) is 84.5 Å². The Morgan fingerprint density at radius 2 is 1.56 bits per heavy atom. The number of ether oxygens (including phenoxy) is 1. The minimum absolute atomic E-state index is 0.0221. The zero-order chi connectivity index (χ0) is 24.7. The lowest BCUT2D eigenvalue weighted by molar-refractivity contribution is -0.123. The summed E-state index contributed by atoms with van der Waals surface area (Å²) in [4.78, 5) is 12.5. The van der Waals surface area contributed by atoms with Crippen molar-refractivity contribution in [3.63, 3.8) is 0 Å². The molecule has 0 spiro atoms. The Kier molecular flexibility index (Phi) is 8.30. The smallest absolute Gasteiger partial charge is 0.387 e. The van der Waals surface area contributed by atoms with E-state index in [0.29, 0.717) is 11.1 Å². The van der Waals surface area contributed by atoms with Crippen molar-refractivity contribution in [2.75, 3.05) is 0 Å². The van der Waals surface area contributed by atoms with E-state index >= 15 is 0 Å². The van der Waals surface area contributed by atoms with Crippen LogP contribution in [-0.4, -0.2) is 27.0 Å². The van der Waals surface area contributed by atoms with Crippen LogP contribution in [0.4, 0.5) is 13.2 Å². The summed E-state index contributed by atoms with van der Waals surface area (Å²) in [5, 5.41) is 2.72. The van der Waals surface area contributed by atoms with Crippen LogP contribution < -0.4 is 14.8 Å². The zero-order valence-corrected chi connectivity index (χ0v) is 18.9. The van der Waals surface area contributed by atoms with Crippen LogP contribution >= 0.6 is 0 Å². The average Bonchev–Trinajstić information content (AvgIpc) is 2.79. The Morgan fingerprint density at radius 3 is 2.18 bits per heavy atom. The summed E-state index contributed by atoms with van der Waals surface area (Å²) in [6.07, 6.45) is 0.0221. The van der Waals surface area contributed by atoms with Crippen molar-refractivity contribution in [2.45, 2.75) is 36.9 Å². The molecule has 0 aliphatic heterocycles. The molecule has 0 heterocycles. The molecule has 6 nitrogen and oxygen atoms in total. The average molecular weight is 493 g/mol. The minimum atomic E-state index is -4.35. The summed E-state index contributed by atoms with van der Waals surface area (Å²) >= 11 is 0. The first-order valence-electron chi connectivity index (χ1n) is 10.3. The third kappa shape index (κ3) is 6.82. The zero-order valence-electron chi connectivity index (χ0n) is 18.1. The first kappa shape index (κ1) is 25.3. The summed E-state index contributed by atoms with van der Waals surface area (Å²) < 4.78 is 71.1. The second kappa shape index (κ2) is 11.2. The Balaban J connectivity index is 1.80. The van der Waals surface area contributed by atoms with E-state index in [4.69, 9.17) is 0 Å². The number of carbonyl (C=O) groups excluding carboxylic acids is 1. The number of sulfonamides is 1. The molecule has 0 fully saturated rings. The molecule has 3 aromatic carbocycles. The highest BCUT2D eigenvalue weighted by Crippen LogP contribution is 2.20. The molecule has 3 aromatic rings. The second-order valence-electron chi connectivity index (χ2n) is 7.47. The molecule has 180 valence electrons. The number of amides is 1. The van der Waals surface area contributed by atoms with E-state index in [2.05, 4.69) is 14.8 Å². The quantitative estimate of drug-likeness (QED) is 0.445. The standard InChI is InChI=1S/C24H23F3N2O4S/c1-16(18-11-13-19(14-12-18)33-24(26)27)28-23(30)21(15-17-7-3-2-4-8-17)29-34(31,32)22-10-6-5-9-20(22)25/h2-14,16,21,24,29H,15H2,1H3,(H,28,30)/t16?,21-/m0/s1. The summed E-state index contributed by atoms with van der Waals surface area (Å²) in [6, 6.07) is 17.5. The molecule has 0 aliphatic carbocycles. The molecule has 1 unspecified atom stereocenters.